The Bertz CT molecular complexity index is 645. The van der Waals surface area contributed by atoms with Gasteiger partial charge in [-0.05, 0) is 24.6 Å². The van der Waals surface area contributed by atoms with Gasteiger partial charge in [0, 0.05) is 6.42 Å². The van der Waals surface area contributed by atoms with Crippen molar-refractivity contribution in [1.82, 2.24) is 4.72 Å². The Balaban J connectivity index is 3.20. The first kappa shape index (κ1) is 16.0. The normalized spacial score (nSPS) is 12.4. The van der Waals surface area contributed by atoms with Crippen molar-refractivity contribution in [3.8, 4) is 18.1 Å². The summed E-state index contributed by atoms with van der Waals surface area (Å²) in [4.78, 5) is 10.8. The van der Waals surface area contributed by atoms with E-state index in [1.807, 2.05) is 0 Å². The highest BCUT2D eigenvalue weighted by molar-refractivity contribution is 7.89. The Kier molecular flexibility index (Phi) is 5.13. The number of ether oxygens (including phenoxy) is 1. The van der Waals surface area contributed by atoms with Crippen LogP contribution in [0.2, 0.25) is 0 Å². The molecule has 1 unspecified atom stereocenters. The first-order valence-corrected chi connectivity index (χ1v) is 7.13. The van der Waals surface area contributed by atoms with Crippen LogP contribution in [-0.2, 0) is 14.8 Å². The number of sulfonamides is 1. The van der Waals surface area contributed by atoms with E-state index in [9.17, 15) is 13.2 Å². The van der Waals surface area contributed by atoms with E-state index in [0.717, 1.165) is 0 Å². The van der Waals surface area contributed by atoms with Gasteiger partial charge >= 0.3 is 5.97 Å². The van der Waals surface area contributed by atoms with Crippen molar-refractivity contribution in [2.45, 2.75) is 24.3 Å². The van der Waals surface area contributed by atoms with Crippen molar-refractivity contribution in [1.29, 1.82) is 0 Å². The molecule has 0 bridgehead atoms. The van der Waals surface area contributed by atoms with E-state index in [2.05, 4.69) is 10.6 Å². The van der Waals surface area contributed by atoms with Gasteiger partial charge in [0.2, 0.25) is 10.0 Å². The van der Waals surface area contributed by atoms with Gasteiger partial charge in [-0.15, -0.1) is 12.3 Å². The minimum Gasteiger partial charge on any atom is -0.495 e. The third kappa shape index (κ3) is 3.73. The predicted molar refractivity (Wildman–Crippen MR) is 72.9 cm³/mol. The maximum absolute atomic E-state index is 12.2. The van der Waals surface area contributed by atoms with Gasteiger partial charge in [0.05, 0.1) is 7.11 Å². The summed E-state index contributed by atoms with van der Waals surface area (Å²) in [5.74, 6) is 0.921. The second-order valence-corrected chi connectivity index (χ2v) is 5.76. The van der Waals surface area contributed by atoms with Crippen molar-refractivity contribution >= 4 is 16.0 Å². The quantitative estimate of drug-likeness (QED) is 0.756. The Labute approximate surface area is 117 Å². The minimum absolute atomic E-state index is 0.122. The standard InChI is InChI=1S/C13H15NO5S/c1-4-5-10(13(15)16)14-20(17,18)12-8-9(2)6-7-11(12)19-3/h1,6-8,10,14H,5H2,2-3H3,(H,15,16). The van der Waals surface area contributed by atoms with Gasteiger partial charge in [0.25, 0.3) is 0 Å². The zero-order valence-corrected chi connectivity index (χ0v) is 11.9. The smallest absolute Gasteiger partial charge is 0.322 e. The number of terminal acetylenes is 1. The van der Waals surface area contributed by atoms with Crippen LogP contribution in [0.5, 0.6) is 5.75 Å². The van der Waals surface area contributed by atoms with Crippen LogP contribution in [0, 0.1) is 19.3 Å². The zero-order valence-electron chi connectivity index (χ0n) is 11.1. The fourth-order valence-electron chi connectivity index (χ4n) is 1.54. The highest BCUT2D eigenvalue weighted by Gasteiger charge is 2.27. The monoisotopic (exact) mass is 297 g/mol. The number of aryl methyl sites for hydroxylation is 1. The summed E-state index contributed by atoms with van der Waals surface area (Å²) in [5, 5.41) is 8.94. The summed E-state index contributed by atoms with van der Waals surface area (Å²) in [6, 6.07) is 3.21. The molecule has 0 aliphatic heterocycles. The SMILES string of the molecule is C#CCC(NS(=O)(=O)c1cc(C)ccc1OC)C(=O)O. The lowest BCUT2D eigenvalue weighted by molar-refractivity contribution is -0.138. The van der Waals surface area contributed by atoms with Crippen molar-refractivity contribution in [2.75, 3.05) is 7.11 Å². The van der Waals surface area contributed by atoms with Gasteiger partial charge in [-0.2, -0.15) is 4.72 Å². The second-order valence-electron chi connectivity index (χ2n) is 4.07. The van der Waals surface area contributed by atoms with E-state index in [1.54, 1.807) is 13.0 Å². The highest BCUT2D eigenvalue weighted by atomic mass is 32.2. The Morgan fingerprint density at radius 2 is 2.20 bits per heavy atom. The molecule has 108 valence electrons. The summed E-state index contributed by atoms with van der Waals surface area (Å²) in [5.41, 5.74) is 0.704. The lowest BCUT2D eigenvalue weighted by atomic mass is 10.2. The third-order valence-corrected chi connectivity index (χ3v) is 4.02. The van der Waals surface area contributed by atoms with E-state index in [0.29, 0.717) is 5.56 Å². The molecule has 0 fully saturated rings. The summed E-state index contributed by atoms with van der Waals surface area (Å²) < 4.78 is 31.5. The fraction of sp³-hybridized carbons (Fsp3) is 0.308. The van der Waals surface area contributed by atoms with Crippen LogP contribution in [0.4, 0.5) is 0 Å². The first-order valence-electron chi connectivity index (χ1n) is 5.65. The van der Waals surface area contributed by atoms with E-state index in [1.165, 1.54) is 19.2 Å². The van der Waals surface area contributed by atoms with Crippen LogP contribution in [-0.4, -0.2) is 32.6 Å². The Hall–Kier alpha value is -2.04. The van der Waals surface area contributed by atoms with Crippen LogP contribution in [0.3, 0.4) is 0 Å². The molecule has 1 aromatic rings. The number of benzene rings is 1. The number of carboxylic acids is 1. The molecule has 1 rings (SSSR count). The summed E-state index contributed by atoms with van der Waals surface area (Å²) in [6.07, 6.45) is 4.78. The molecule has 0 aliphatic carbocycles. The zero-order chi connectivity index (χ0) is 15.3. The molecule has 1 aromatic carbocycles. The lowest BCUT2D eigenvalue weighted by Crippen LogP contribution is -2.40. The van der Waals surface area contributed by atoms with E-state index in [-0.39, 0.29) is 17.1 Å². The van der Waals surface area contributed by atoms with Gasteiger partial charge in [-0.3, -0.25) is 4.79 Å². The molecule has 0 aliphatic rings. The van der Waals surface area contributed by atoms with Crippen molar-refractivity contribution in [3.05, 3.63) is 23.8 Å². The first-order chi connectivity index (χ1) is 9.31. The molecule has 6 nitrogen and oxygen atoms in total. The topological polar surface area (TPSA) is 92.7 Å². The number of aliphatic carboxylic acids is 1. The van der Waals surface area contributed by atoms with Crippen LogP contribution in [0.15, 0.2) is 23.1 Å². The van der Waals surface area contributed by atoms with Gasteiger partial charge in [-0.1, -0.05) is 6.07 Å². The number of hydrogen-bond acceptors (Lipinski definition) is 4. The average molecular weight is 297 g/mol. The molecule has 0 heterocycles. The molecule has 0 saturated carbocycles. The molecular weight excluding hydrogens is 282 g/mol. The predicted octanol–water partition coefficient (Wildman–Crippen LogP) is 0.758. The molecule has 0 aromatic heterocycles. The minimum atomic E-state index is -4.04. The number of hydrogen-bond donors (Lipinski definition) is 2. The molecule has 0 spiro atoms. The number of methoxy groups -OCH3 is 1. The molecule has 2 N–H and O–H groups in total. The maximum Gasteiger partial charge on any atom is 0.322 e. The third-order valence-electron chi connectivity index (χ3n) is 2.53. The molecular formula is C13H15NO5S. The van der Waals surface area contributed by atoms with Crippen molar-refractivity contribution in [2.24, 2.45) is 0 Å². The van der Waals surface area contributed by atoms with E-state index < -0.39 is 22.0 Å². The van der Waals surface area contributed by atoms with Crippen LogP contribution in [0.25, 0.3) is 0 Å². The Morgan fingerprint density at radius 3 is 2.70 bits per heavy atom. The van der Waals surface area contributed by atoms with E-state index in [4.69, 9.17) is 16.3 Å². The summed E-state index contributed by atoms with van der Waals surface area (Å²) >= 11 is 0. The number of rotatable bonds is 6. The number of carboxylic acid groups (broad SMARTS) is 1. The maximum atomic E-state index is 12.2. The van der Waals surface area contributed by atoms with Gasteiger partial charge in [-0.25, -0.2) is 8.42 Å². The summed E-state index contributed by atoms with van der Waals surface area (Å²) in [7, 11) is -2.71. The van der Waals surface area contributed by atoms with Crippen molar-refractivity contribution < 1.29 is 23.1 Å². The molecule has 0 radical (unpaired) electrons. The lowest BCUT2D eigenvalue weighted by Gasteiger charge is -2.15. The van der Waals surface area contributed by atoms with Gasteiger partial charge in [0.1, 0.15) is 16.7 Å². The van der Waals surface area contributed by atoms with Gasteiger partial charge < -0.3 is 9.84 Å². The Morgan fingerprint density at radius 1 is 1.55 bits per heavy atom. The van der Waals surface area contributed by atoms with Crippen LogP contribution in [0.1, 0.15) is 12.0 Å². The highest BCUT2D eigenvalue weighted by Crippen LogP contribution is 2.24. The molecule has 0 amide bonds. The van der Waals surface area contributed by atoms with Crippen molar-refractivity contribution in [3.63, 3.8) is 0 Å². The fourth-order valence-corrected chi connectivity index (χ4v) is 2.98. The molecule has 20 heavy (non-hydrogen) atoms. The van der Waals surface area contributed by atoms with Gasteiger partial charge in [0.15, 0.2) is 0 Å². The molecule has 7 heteroatoms. The molecule has 0 saturated heterocycles. The van der Waals surface area contributed by atoms with Crippen LogP contribution >= 0.6 is 0 Å². The second kappa shape index (κ2) is 6.41. The number of nitrogens with one attached hydrogen (secondary N) is 1. The summed E-state index contributed by atoms with van der Waals surface area (Å²) in [6.45, 7) is 1.72. The molecule has 1 atom stereocenters. The van der Waals surface area contributed by atoms with E-state index >= 15 is 0 Å². The number of carbonyl (C=O) groups is 1. The average Bonchev–Trinajstić information content (AvgIpc) is 2.38. The largest absolute Gasteiger partial charge is 0.495 e. The van der Waals surface area contributed by atoms with Crippen LogP contribution < -0.4 is 9.46 Å².